The number of aromatic amines is 1. The van der Waals surface area contributed by atoms with Crippen molar-refractivity contribution in [3.8, 4) is 22.8 Å². The quantitative estimate of drug-likeness (QED) is 0.703. The maximum absolute atomic E-state index is 9.33. The van der Waals surface area contributed by atoms with E-state index in [1.54, 1.807) is 41.2 Å². The molecule has 0 aliphatic carbocycles. The van der Waals surface area contributed by atoms with E-state index in [0.717, 1.165) is 11.3 Å². The second-order valence-corrected chi connectivity index (χ2v) is 4.33. The van der Waals surface area contributed by atoms with Crippen LogP contribution in [0.1, 0.15) is 0 Å². The van der Waals surface area contributed by atoms with Crippen molar-refractivity contribution in [1.29, 1.82) is 0 Å². The molecule has 0 fully saturated rings. The van der Waals surface area contributed by atoms with Crippen LogP contribution in [0.2, 0.25) is 0 Å². The van der Waals surface area contributed by atoms with Gasteiger partial charge in [-0.1, -0.05) is 0 Å². The molecule has 0 unspecified atom stereocenters. The van der Waals surface area contributed by atoms with E-state index >= 15 is 0 Å². The smallest absolute Gasteiger partial charge is 0.200 e. The Kier molecular flexibility index (Phi) is 2.85. The van der Waals surface area contributed by atoms with Gasteiger partial charge in [-0.2, -0.15) is 5.10 Å². The van der Waals surface area contributed by atoms with Gasteiger partial charge in [-0.3, -0.25) is 14.6 Å². The van der Waals surface area contributed by atoms with Gasteiger partial charge in [-0.05, 0) is 48.6 Å². The summed E-state index contributed by atoms with van der Waals surface area (Å²) in [6, 6.07) is 10.5. The zero-order valence-corrected chi connectivity index (χ0v) is 10.6. The first-order valence-electron chi connectivity index (χ1n) is 5.63. The predicted molar refractivity (Wildman–Crippen MR) is 73.6 cm³/mol. The Morgan fingerprint density at radius 3 is 2.63 bits per heavy atom. The van der Waals surface area contributed by atoms with Gasteiger partial charge < -0.3 is 5.11 Å². The first kappa shape index (κ1) is 11.6. The van der Waals surface area contributed by atoms with Crippen LogP contribution in [0.25, 0.3) is 17.1 Å². The summed E-state index contributed by atoms with van der Waals surface area (Å²) < 4.78 is 2.30. The SMILES string of the molecule is Oc1ccc(-c2n[nH]c(=S)n2-c2cccnc2)cc1. The number of nitrogens with one attached hydrogen (secondary N) is 1. The van der Waals surface area contributed by atoms with E-state index in [2.05, 4.69) is 15.2 Å². The number of phenols is 1. The van der Waals surface area contributed by atoms with E-state index in [-0.39, 0.29) is 5.75 Å². The number of hydrogen-bond acceptors (Lipinski definition) is 4. The van der Waals surface area contributed by atoms with Gasteiger partial charge in [0, 0.05) is 11.8 Å². The van der Waals surface area contributed by atoms with E-state index in [9.17, 15) is 5.11 Å². The van der Waals surface area contributed by atoms with Crippen LogP contribution in [0, 0.1) is 4.77 Å². The minimum absolute atomic E-state index is 0.214. The minimum Gasteiger partial charge on any atom is -0.508 e. The Morgan fingerprint density at radius 2 is 1.95 bits per heavy atom. The van der Waals surface area contributed by atoms with Crippen LogP contribution in [0.4, 0.5) is 0 Å². The molecule has 0 bridgehead atoms. The number of H-pyrrole nitrogens is 1. The van der Waals surface area contributed by atoms with E-state index in [1.807, 2.05) is 12.1 Å². The summed E-state index contributed by atoms with van der Waals surface area (Å²) >= 11 is 5.25. The van der Waals surface area contributed by atoms with E-state index in [0.29, 0.717) is 10.6 Å². The highest BCUT2D eigenvalue weighted by atomic mass is 32.1. The van der Waals surface area contributed by atoms with Crippen molar-refractivity contribution in [3.05, 3.63) is 53.6 Å². The highest BCUT2D eigenvalue weighted by Crippen LogP contribution is 2.22. The first-order chi connectivity index (χ1) is 9.25. The van der Waals surface area contributed by atoms with Gasteiger partial charge in [0.2, 0.25) is 0 Å². The molecule has 1 aromatic carbocycles. The van der Waals surface area contributed by atoms with Crippen molar-refractivity contribution >= 4 is 12.2 Å². The molecular weight excluding hydrogens is 260 g/mol. The maximum atomic E-state index is 9.33. The van der Waals surface area contributed by atoms with E-state index in [4.69, 9.17) is 12.2 Å². The Morgan fingerprint density at radius 1 is 1.16 bits per heavy atom. The average molecular weight is 270 g/mol. The number of benzene rings is 1. The molecule has 3 aromatic rings. The molecule has 0 aliphatic rings. The number of pyridine rings is 1. The van der Waals surface area contributed by atoms with Gasteiger partial charge in [0.05, 0.1) is 11.9 Å². The molecule has 0 aliphatic heterocycles. The van der Waals surface area contributed by atoms with Gasteiger partial charge in [0.25, 0.3) is 0 Å². The molecule has 5 nitrogen and oxygen atoms in total. The van der Waals surface area contributed by atoms with Crippen LogP contribution in [0.15, 0.2) is 48.8 Å². The van der Waals surface area contributed by atoms with Crippen molar-refractivity contribution in [2.75, 3.05) is 0 Å². The third kappa shape index (κ3) is 2.13. The normalized spacial score (nSPS) is 10.5. The molecule has 19 heavy (non-hydrogen) atoms. The van der Waals surface area contributed by atoms with Gasteiger partial charge in [-0.25, -0.2) is 0 Å². The Labute approximate surface area is 114 Å². The third-order valence-electron chi connectivity index (χ3n) is 2.70. The molecule has 0 saturated carbocycles. The van der Waals surface area contributed by atoms with E-state index < -0.39 is 0 Å². The zero-order chi connectivity index (χ0) is 13.2. The van der Waals surface area contributed by atoms with Crippen LogP contribution in [0.5, 0.6) is 5.75 Å². The fraction of sp³-hybridized carbons (Fsp3) is 0. The summed E-state index contributed by atoms with van der Waals surface area (Å²) in [5.41, 5.74) is 1.69. The lowest BCUT2D eigenvalue weighted by Crippen LogP contribution is -1.97. The van der Waals surface area contributed by atoms with Crippen molar-refractivity contribution in [3.63, 3.8) is 0 Å². The van der Waals surface area contributed by atoms with Crippen LogP contribution < -0.4 is 0 Å². The molecule has 3 rings (SSSR count). The molecule has 0 saturated heterocycles. The first-order valence-corrected chi connectivity index (χ1v) is 6.04. The molecule has 6 heteroatoms. The standard InChI is InChI=1S/C13H10N4OS/c18-11-5-3-9(4-6-11)12-15-16-13(19)17(12)10-2-1-7-14-8-10/h1-8,18H,(H,16,19). The van der Waals surface area contributed by atoms with Gasteiger partial charge in [-0.15, -0.1) is 0 Å². The number of rotatable bonds is 2. The third-order valence-corrected chi connectivity index (χ3v) is 2.98. The second-order valence-electron chi connectivity index (χ2n) is 3.95. The number of hydrogen-bond donors (Lipinski definition) is 2. The van der Waals surface area contributed by atoms with Crippen LogP contribution >= 0.6 is 12.2 Å². The molecule has 0 amide bonds. The molecule has 2 heterocycles. The molecule has 94 valence electrons. The largest absolute Gasteiger partial charge is 0.508 e. The van der Waals surface area contributed by atoms with Crippen LogP contribution in [0.3, 0.4) is 0 Å². The van der Waals surface area contributed by atoms with Crippen LogP contribution in [-0.2, 0) is 0 Å². The Bertz CT molecular complexity index is 746. The van der Waals surface area contributed by atoms with Crippen LogP contribution in [-0.4, -0.2) is 24.9 Å². The fourth-order valence-corrected chi connectivity index (χ4v) is 2.06. The maximum Gasteiger partial charge on any atom is 0.200 e. The van der Waals surface area contributed by atoms with Crippen molar-refractivity contribution in [2.45, 2.75) is 0 Å². The Hall–Kier alpha value is -2.47. The van der Waals surface area contributed by atoms with E-state index in [1.165, 1.54) is 0 Å². The molecular formula is C13H10N4OS. The summed E-state index contributed by atoms with van der Waals surface area (Å²) in [7, 11) is 0. The fourth-order valence-electron chi connectivity index (χ4n) is 1.83. The average Bonchev–Trinajstić information content (AvgIpc) is 2.82. The monoisotopic (exact) mass is 270 g/mol. The molecule has 0 spiro atoms. The van der Waals surface area contributed by atoms with Gasteiger partial charge >= 0.3 is 0 Å². The van der Waals surface area contributed by atoms with Gasteiger partial charge in [0.15, 0.2) is 10.6 Å². The minimum atomic E-state index is 0.214. The molecule has 0 radical (unpaired) electrons. The summed E-state index contributed by atoms with van der Waals surface area (Å²) in [5.74, 6) is 0.892. The lowest BCUT2D eigenvalue weighted by molar-refractivity contribution is 0.475. The predicted octanol–water partition coefficient (Wildman–Crippen LogP) is 2.70. The summed E-state index contributed by atoms with van der Waals surface area (Å²) in [5, 5.41) is 16.3. The molecule has 0 atom stereocenters. The highest BCUT2D eigenvalue weighted by Gasteiger charge is 2.10. The molecule has 2 aromatic heterocycles. The summed E-state index contributed by atoms with van der Waals surface area (Å²) in [6.45, 7) is 0. The van der Waals surface area contributed by atoms with Gasteiger partial charge in [0.1, 0.15) is 5.75 Å². The summed E-state index contributed by atoms with van der Waals surface area (Å²) in [4.78, 5) is 4.08. The molecule has 2 N–H and O–H groups in total. The zero-order valence-electron chi connectivity index (χ0n) is 9.82. The Balaban J connectivity index is 2.19. The second kappa shape index (κ2) is 4.66. The topological polar surface area (TPSA) is 66.7 Å². The number of phenolic OH excluding ortho intramolecular Hbond substituents is 1. The highest BCUT2D eigenvalue weighted by molar-refractivity contribution is 7.71. The lowest BCUT2D eigenvalue weighted by atomic mass is 10.2. The van der Waals surface area contributed by atoms with Crippen molar-refractivity contribution < 1.29 is 5.11 Å². The number of aromatic hydroxyl groups is 1. The van der Waals surface area contributed by atoms with Crippen molar-refractivity contribution in [1.82, 2.24) is 19.7 Å². The summed E-state index contributed by atoms with van der Waals surface area (Å²) in [6.07, 6.45) is 3.42. The number of aromatic nitrogens is 4. The lowest BCUT2D eigenvalue weighted by Gasteiger charge is -2.06. The number of nitrogens with zero attached hydrogens (tertiary/aromatic N) is 3. The van der Waals surface area contributed by atoms with Crippen molar-refractivity contribution in [2.24, 2.45) is 0 Å².